The van der Waals surface area contributed by atoms with E-state index in [4.69, 9.17) is 0 Å². The number of nitro benzene ring substituents is 1. The molecule has 2 N–H and O–H groups in total. The summed E-state index contributed by atoms with van der Waals surface area (Å²) >= 11 is 0. The molecule has 2 rings (SSSR count). The fourth-order valence-corrected chi connectivity index (χ4v) is 1.73. The maximum atomic E-state index is 11.8. The van der Waals surface area contributed by atoms with Gasteiger partial charge in [0.25, 0.3) is 11.6 Å². The number of carbonyl (C=O) groups is 1. The lowest BCUT2D eigenvalue weighted by atomic mass is 10.1. The van der Waals surface area contributed by atoms with Gasteiger partial charge in [0.05, 0.1) is 22.9 Å². The van der Waals surface area contributed by atoms with Gasteiger partial charge in [0.1, 0.15) is 5.69 Å². The maximum absolute atomic E-state index is 11.8. The molecule has 1 aromatic carbocycles. The van der Waals surface area contributed by atoms with Crippen LogP contribution >= 0.6 is 0 Å². The summed E-state index contributed by atoms with van der Waals surface area (Å²) in [6, 6.07) is 5.49. The van der Waals surface area contributed by atoms with Gasteiger partial charge in [-0.2, -0.15) is 0 Å². The molecule has 1 atom stereocenters. The van der Waals surface area contributed by atoms with Crippen LogP contribution in [0.2, 0.25) is 0 Å². The minimum atomic E-state index is -0.969. The number of aliphatic hydroxyl groups is 1. The zero-order valence-corrected chi connectivity index (χ0v) is 11.8. The molecule has 8 nitrogen and oxygen atoms in total. The van der Waals surface area contributed by atoms with Crippen molar-refractivity contribution in [2.24, 2.45) is 0 Å². The molecule has 114 valence electrons. The molecule has 8 heteroatoms. The van der Waals surface area contributed by atoms with E-state index in [-0.39, 0.29) is 17.9 Å². The zero-order chi connectivity index (χ0) is 16.1. The smallest absolute Gasteiger partial charge is 0.271 e. The van der Waals surface area contributed by atoms with E-state index in [1.807, 2.05) is 0 Å². The lowest BCUT2D eigenvalue weighted by Gasteiger charge is -2.11. The van der Waals surface area contributed by atoms with Crippen molar-refractivity contribution in [3.05, 3.63) is 63.7 Å². The largest absolute Gasteiger partial charge is 0.387 e. The van der Waals surface area contributed by atoms with E-state index in [9.17, 15) is 20.0 Å². The van der Waals surface area contributed by atoms with Crippen molar-refractivity contribution in [3.8, 4) is 0 Å². The van der Waals surface area contributed by atoms with Gasteiger partial charge in [-0.05, 0) is 24.6 Å². The number of nitrogens with zero attached hydrogens (tertiary/aromatic N) is 3. The first kappa shape index (κ1) is 15.5. The number of aryl methyl sites for hydroxylation is 1. The number of nitro groups is 1. The Bertz CT molecular complexity index is 670. The predicted octanol–water partition coefficient (Wildman–Crippen LogP) is 1.16. The van der Waals surface area contributed by atoms with Crippen LogP contribution in [0, 0.1) is 17.0 Å². The van der Waals surface area contributed by atoms with E-state index < -0.39 is 16.9 Å². The summed E-state index contributed by atoms with van der Waals surface area (Å²) in [5.74, 6) is -0.450. The molecular formula is C14H14N4O4. The normalized spacial score (nSPS) is 11.7. The molecule has 1 amide bonds. The second-order valence-electron chi connectivity index (χ2n) is 4.62. The average molecular weight is 302 g/mol. The first-order valence-electron chi connectivity index (χ1n) is 6.46. The summed E-state index contributed by atoms with van der Waals surface area (Å²) in [4.78, 5) is 29.7. The van der Waals surface area contributed by atoms with E-state index in [0.717, 1.165) is 0 Å². The third kappa shape index (κ3) is 3.83. The number of hydrogen-bond donors (Lipinski definition) is 2. The van der Waals surface area contributed by atoms with E-state index >= 15 is 0 Å². The van der Waals surface area contributed by atoms with Crippen molar-refractivity contribution >= 4 is 11.6 Å². The molecule has 1 aromatic heterocycles. The Morgan fingerprint density at radius 2 is 2.00 bits per heavy atom. The summed E-state index contributed by atoms with van der Waals surface area (Å²) in [5.41, 5.74) is 1.26. The molecule has 0 saturated heterocycles. The number of aliphatic hydroxyl groups excluding tert-OH is 1. The molecule has 0 spiro atoms. The third-order valence-electron chi connectivity index (χ3n) is 2.96. The van der Waals surface area contributed by atoms with Crippen LogP contribution < -0.4 is 5.32 Å². The Balaban J connectivity index is 1.94. The number of rotatable bonds is 5. The standard InChI is InChI=1S/C14H14N4O4/c1-9-6-16-12(7-15-9)14(20)17-8-13(19)10-2-4-11(5-3-10)18(21)22/h2-7,13,19H,8H2,1H3,(H,17,20). The van der Waals surface area contributed by atoms with Gasteiger partial charge in [0.15, 0.2) is 0 Å². The highest BCUT2D eigenvalue weighted by Gasteiger charge is 2.13. The Labute approximate surface area is 126 Å². The molecular weight excluding hydrogens is 288 g/mol. The van der Waals surface area contributed by atoms with Crippen molar-refractivity contribution in [2.75, 3.05) is 6.54 Å². The lowest BCUT2D eigenvalue weighted by Crippen LogP contribution is -2.29. The quantitative estimate of drug-likeness (QED) is 0.632. The van der Waals surface area contributed by atoms with Gasteiger partial charge in [-0.1, -0.05) is 0 Å². The number of nitrogens with one attached hydrogen (secondary N) is 1. The number of hydrogen-bond acceptors (Lipinski definition) is 6. The van der Waals surface area contributed by atoms with Crippen molar-refractivity contribution in [2.45, 2.75) is 13.0 Å². The first-order chi connectivity index (χ1) is 10.5. The number of carbonyl (C=O) groups excluding carboxylic acids is 1. The highest BCUT2D eigenvalue weighted by atomic mass is 16.6. The van der Waals surface area contributed by atoms with Crippen molar-refractivity contribution in [1.82, 2.24) is 15.3 Å². The molecule has 0 aliphatic carbocycles. The minimum Gasteiger partial charge on any atom is -0.387 e. The maximum Gasteiger partial charge on any atom is 0.271 e. The van der Waals surface area contributed by atoms with Crippen LogP contribution in [0.25, 0.3) is 0 Å². The minimum absolute atomic E-state index is 0.0355. The summed E-state index contributed by atoms with van der Waals surface area (Å²) in [6.07, 6.45) is 1.85. The van der Waals surface area contributed by atoms with E-state index in [1.54, 1.807) is 6.92 Å². The fraction of sp³-hybridized carbons (Fsp3) is 0.214. The van der Waals surface area contributed by atoms with Gasteiger partial charge < -0.3 is 10.4 Å². The Morgan fingerprint density at radius 3 is 2.55 bits per heavy atom. The summed E-state index contributed by atoms with van der Waals surface area (Å²) in [7, 11) is 0. The van der Waals surface area contributed by atoms with Crippen LogP contribution in [0.1, 0.15) is 27.8 Å². The SMILES string of the molecule is Cc1cnc(C(=O)NCC(O)c2ccc([N+](=O)[O-])cc2)cn1. The molecule has 0 fully saturated rings. The topological polar surface area (TPSA) is 118 Å². The predicted molar refractivity (Wildman–Crippen MR) is 77.2 cm³/mol. The Hall–Kier alpha value is -2.87. The number of benzene rings is 1. The average Bonchev–Trinajstić information content (AvgIpc) is 2.53. The number of non-ortho nitro benzene ring substituents is 1. The van der Waals surface area contributed by atoms with Crippen LogP contribution in [0.5, 0.6) is 0 Å². The third-order valence-corrected chi connectivity index (χ3v) is 2.96. The molecule has 22 heavy (non-hydrogen) atoms. The highest BCUT2D eigenvalue weighted by Crippen LogP contribution is 2.17. The van der Waals surface area contributed by atoms with Gasteiger partial charge in [-0.3, -0.25) is 19.9 Å². The van der Waals surface area contributed by atoms with E-state index in [2.05, 4.69) is 15.3 Å². The molecule has 2 aromatic rings. The highest BCUT2D eigenvalue weighted by molar-refractivity contribution is 5.91. The van der Waals surface area contributed by atoms with Gasteiger partial charge in [-0.25, -0.2) is 4.98 Å². The van der Waals surface area contributed by atoms with Gasteiger partial charge in [0.2, 0.25) is 0 Å². The molecule has 1 unspecified atom stereocenters. The first-order valence-corrected chi connectivity index (χ1v) is 6.46. The molecule has 0 saturated carbocycles. The van der Waals surface area contributed by atoms with Crippen LogP contribution in [0.3, 0.4) is 0 Å². The molecule has 0 radical (unpaired) electrons. The summed E-state index contributed by atoms with van der Waals surface area (Å²) in [6.45, 7) is 1.72. The van der Waals surface area contributed by atoms with Gasteiger partial charge in [0, 0.05) is 24.9 Å². The molecule has 0 bridgehead atoms. The van der Waals surface area contributed by atoms with Crippen LogP contribution in [0.4, 0.5) is 5.69 Å². The van der Waals surface area contributed by atoms with Crippen LogP contribution in [0.15, 0.2) is 36.7 Å². The van der Waals surface area contributed by atoms with Crippen LogP contribution in [-0.4, -0.2) is 32.4 Å². The van der Waals surface area contributed by atoms with E-state index in [1.165, 1.54) is 36.7 Å². The lowest BCUT2D eigenvalue weighted by molar-refractivity contribution is -0.384. The second-order valence-corrected chi connectivity index (χ2v) is 4.62. The second kappa shape index (κ2) is 6.72. The molecule has 0 aliphatic heterocycles. The molecule has 0 aliphatic rings. The van der Waals surface area contributed by atoms with Gasteiger partial charge in [-0.15, -0.1) is 0 Å². The van der Waals surface area contributed by atoms with Gasteiger partial charge >= 0.3 is 0 Å². The fourth-order valence-electron chi connectivity index (χ4n) is 1.73. The monoisotopic (exact) mass is 302 g/mol. The van der Waals surface area contributed by atoms with Crippen LogP contribution in [-0.2, 0) is 0 Å². The number of aromatic nitrogens is 2. The van der Waals surface area contributed by atoms with E-state index in [0.29, 0.717) is 11.3 Å². The summed E-state index contributed by atoms with van der Waals surface area (Å²) in [5, 5.41) is 23.0. The zero-order valence-electron chi connectivity index (χ0n) is 11.8. The molecule has 1 heterocycles. The van der Waals surface area contributed by atoms with Crippen molar-refractivity contribution in [3.63, 3.8) is 0 Å². The van der Waals surface area contributed by atoms with Crippen molar-refractivity contribution < 1.29 is 14.8 Å². The Morgan fingerprint density at radius 1 is 1.32 bits per heavy atom. The Kier molecular flexibility index (Phi) is 4.74. The van der Waals surface area contributed by atoms with Crippen molar-refractivity contribution in [1.29, 1.82) is 0 Å². The summed E-state index contributed by atoms with van der Waals surface area (Å²) < 4.78 is 0. The number of amides is 1.